The molecule has 0 radical (unpaired) electrons. The van der Waals surface area contributed by atoms with Gasteiger partial charge >= 0.3 is 0 Å². The average Bonchev–Trinajstić information content (AvgIpc) is 3.04. The van der Waals surface area contributed by atoms with Gasteiger partial charge in [0.15, 0.2) is 5.69 Å². The molecule has 0 aliphatic carbocycles. The zero-order chi connectivity index (χ0) is 13.8. The number of primary amides is 1. The Bertz CT molecular complexity index is 601. The first kappa shape index (κ1) is 12.7. The Balaban J connectivity index is 1.96. The van der Waals surface area contributed by atoms with Gasteiger partial charge < -0.3 is 5.73 Å². The van der Waals surface area contributed by atoms with Crippen molar-refractivity contribution in [2.45, 2.75) is 13.1 Å². The van der Waals surface area contributed by atoms with Crippen LogP contribution in [0.3, 0.4) is 0 Å². The number of rotatable bonds is 5. The van der Waals surface area contributed by atoms with Crippen molar-refractivity contribution in [1.82, 2.24) is 30.2 Å². The third-order valence-electron chi connectivity index (χ3n) is 2.38. The van der Waals surface area contributed by atoms with Crippen molar-refractivity contribution in [3.63, 3.8) is 0 Å². The second-order valence-corrected chi connectivity index (χ2v) is 3.70. The number of nitrogen functional groups attached to an aromatic ring is 1. The molecule has 0 saturated carbocycles. The molecule has 2 heterocycles. The molecule has 2 rings (SSSR count). The largest absolute Gasteiger partial charge is 0.366 e. The van der Waals surface area contributed by atoms with Gasteiger partial charge in [-0.25, -0.2) is 10.5 Å². The zero-order valence-electron chi connectivity index (χ0n) is 9.85. The number of aryl methyl sites for hydroxylation is 2. The van der Waals surface area contributed by atoms with E-state index in [2.05, 4.69) is 15.4 Å². The highest BCUT2D eigenvalue weighted by atomic mass is 16.2. The number of amides is 2. The Kier molecular flexibility index (Phi) is 3.52. The standard InChI is InChI=1S/C9H12N8O2/c10-8(18)6-3-12-16(4-6)1-2-17-5-7(14-15-17)9(19)13-11/h3-5H,1-2,11H2,(H2,10,18)(H,13,19). The fourth-order valence-corrected chi connectivity index (χ4v) is 1.40. The van der Waals surface area contributed by atoms with E-state index >= 15 is 0 Å². The topological polar surface area (TPSA) is 147 Å². The summed E-state index contributed by atoms with van der Waals surface area (Å²) in [6.45, 7) is 0.894. The Hall–Kier alpha value is -2.75. The van der Waals surface area contributed by atoms with Gasteiger partial charge in [-0.15, -0.1) is 5.10 Å². The van der Waals surface area contributed by atoms with E-state index in [1.807, 2.05) is 5.43 Å². The molecular weight excluding hydrogens is 252 g/mol. The lowest BCUT2D eigenvalue weighted by Crippen LogP contribution is -2.30. The van der Waals surface area contributed by atoms with Gasteiger partial charge in [0.05, 0.1) is 31.0 Å². The van der Waals surface area contributed by atoms with Crippen molar-refractivity contribution < 1.29 is 9.59 Å². The highest BCUT2D eigenvalue weighted by Crippen LogP contribution is 1.98. The van der Waals surface area contributed by atoms with Crippen LogP contribution in [0.4, 0.5) is 0 Å². The Labute approximate surface area is 107 Å². The summed E-state index contributed by atoms with van der Waals surface area (Å²) in [6.07, 6.45) is 4.38. The van der Waals surface area contributed by atoms with Crippen LogP contribution in [0.2, 0.25) is 0 Å². The maximum atomic E-state index is 11.2. The number of hydrogen-bond donors (Lipinski definition) is 3. The molecule has 0 aromatic carbocycles. The first-order valence-corrected chi connectivity index (χ1v) is 5.33. The number of nitrogens with zero attached hydrogens (tertiary/aromatic N) is 5. The van der Waals surface area contributed by atoms with Crippen molar-refractivity contribution in [1.29, 1.82) is 0 Å². The predicted octanol–water partition coefficient (Wildman–Crippen LogP) is -2.12. The van der Waals surface area contributed by atoms with Gasteiger partial charge in [-0.2, -0.15) is 5.10 Å². The molecule has 10 heteroatoms. The van der Waals surface area contributed by atoms with Crippen LogP contribution in [-0.4, -0.2) is 36.6 Å². The lowest BCUT2D eigenvalue weighted by atomic mass is 10.3. The number of nitrogens with one attached hydrogen (secondary N) is 1. The fourth-order valence-electron chi connectivity index (χ4n) is 1.40. The van der Waals surface area contributed by atoms with E-state index in [0.29, 0.717) is 18.7 Å². The molecule has 2 aromatic rings. The molecule has 0 aliphatic heterocycles. The Morgan fingerprint density at radius 2 is 2.00 bits per heavy atom. The molecule has 2 aromatic heterocycles. The number of aromatic nitrogens is 5. The van der Waals surface area contributed by atoms with E-state index in [1.165, 1.54) is 23.3 Å². The molecule has 19 heavy (non-hydrogen) atoms. The van der Waals surface area contributed by atoms with Crippen LogP contribution in [0.15, 0.2) is 18.6 Å². The molecule has 0 unspecified atom stereocenters. The first-order chi connectivity index (χ1) is 9.10. The van der Waals surface area contributed by atoms with Crippen LogP contribution in [0, 0.1) is 0 Å². The highest BCUT2D eigenvalue weighted by Gasteiger charge is 2.09. The minimum atomic E-state index is -0.533. The van der Waals surface area contributed by atoms with E-state index in [-0.39, 0.29) is 5.69 Å². The third-order valence-corrected chi connectivity index (χ3v) is 2.38. The minimum absolute atomic E-state index is 0.126. The van der Waals surface area contributed by atoms with Crippen LogP contribution in [0.5, 0.6) is 0 Å². The van der Waals surface area contributed by atoms with E-state index in [9.17, 15) is 9.59 Å². The third kappa shape index (κ3) is 2.93. The Morgan fingerprint density at radius 3 is 2.63 bits per heavy atom. The van der Waals surface area contributed by atoms with E-state index in [1.54, 1.807) is 4.68 Å². The minimum Gasteiger partial charge on any atom is -0.366 e. The van der Waals surface area contributed by atoms with Gasteiger partial charge in [-0.1, -0.05) is 5.21 Å². The molecule has 10 nitrogen and oxygen atoms in total. The monoisotopic (exact) mass is 264 g/mol. The number of carbonyl (C=O) groups is 2. The highest BCUT2D eigenvalue weighted by molar-refractivity contribution is 5.92. The normalized spacial score (nSPS) is 10.4. The average molecular weight is 264 g/mol. The molecule has 100 valence electrons. The van der Waals surface area contributed by atoms with Gasteiger partial charge in [0, 0.05) is 6.20 Å². The van der Waals surface area contributed by atoms with Gasteiger partial charge in [0.25, 0.3) is 11.8 Å². The second-order valence-electron chi connectivity index (χ2n) is 3.70. The van der Waals surface area contributed by atoms with Crippen molar-refractivity contribution in [3.8, 4) is 0 Å². The molecule has 0 spiro atoms. The summed E-state index contributed by atoms with van der Waals surface area (Å²) in [6, 6.07) is 0. The Morgan fingerprint density at radius 1 is 1.26 bits per heavy atom. The predicted molar refractivity (Wildman–Crippen MR) is 62.4 cm³/mol. The van der Waals surface area contributed by atoms with Crippen LogP contribution in [0.1, 0.15) is 20.8 Å². The maximum Gasteiger partial charge on any atom is 0.287 e. The van der Waals surface area contributed by atoms with Gasteiger partial charge in [0.1, 0.15) is 0 Å². The van der Waals surface area contributed by atoms with E-state index in [4.69, 9.17) is 11.6 Å². The smallest absolute Gasteiger partial charge is 0.287 e. The fraction of sp³-hybridized carbons (Fsp3) is 0.222. The number of hydrogen-bond acceptors (Lipinski definition) is 6. The molecule has 0 atom stereocenters. The lowest BCUT2D eigenvalue weighted by Gasteiger charge is -2.00. The molecular formula is C9H12N8O2. The molecule has 2 amide bonds. The molecule has 0 saturated heterocycles. The quantitative estimate of drug-likeness (QED) is 0.319. The van der Waals surface area contributed by atoms with Crippen LogP contribution >= 0.6 is 0 Å². The number of carbonyl (C=O) groups excluding carboxylic acids is 2. The zero-order valence-corrected chi connectivity index (χ0v) is 9.85. The summed E-state index contributed by atoms with van der Waals surface area (Å²) in [7, 11) is 0. The summed E-state index contributed by atoms with van der Waals surface area (Å²) < 4.78 is 3.01. The first-order valence-electron chi connectivity index (χ1n) is 5.33. The number of nitrogens with two attached hydrogens (primary N) is 2. The lowest BCUT2D eigenvalue weighted by molar-refractivity contribution is 0.0947. The van der Waals surface area contributed by atoms with Gasteiger partial charge in [-0.05, 0) is 0 Å². The SMILES string of the molecule is NNC(=O)c1cn(CCn2cc(C(N)=O)cn2)nn1. The number of hydrazine groups is 1. The summed E-state index contributed by atoms with van der Waals surface area (Å²) in [5.74, 6) is 3.93. The van der Waals surface area contributed by atoms with Crippen molar-refractivity contribution in [2.24, 2.45) is 11.6 Å². The molecule has 0 bridgehead atoms. The molecule has 5 N–H and O–H groups in total. The van der Waals surface area contributed by atoms with Crippen molar-refractivity contribution in [3.05, 3.63) is 29.8 Å². The van der Waals surface area contributed by atoms with Crippen LogP contribution in [0.25, 0.3) is 0 Å². The summed E-state index contributed by atoms with van der Waals surface area (Å²) in [5.41, 5.74) is 7.53. The maximum absolute atomic E-state index is 11.2. The summed E-state index contributed by atoms with van der Waals surface area (Å²) in [5, 5.41) is 11.4. The van der Waals surface area contributed by atoms with Gasteiger partial charge in [0.2, 0.25) is 0 Å². The van der Waals surface area contributed by atoms with E-state index < -0.39 is 11.8 Å². The van der Waals surface area contributed by atoms with Crippen molar-refractivity contribution >= 4 is 11.8 Å². The summed E-state index contributed by atoms with van der Waals surface area (Å²) in [4.78, 5) is 22.0. The van der Waals surface area contributed by atoms with E-state index in [0.717, 1.165) is 0 Å². The van der Waals surface area contributed by atoms with Crippen LogP contribution < -0.4 is 17.0 Å². The van der Waals surface area contributed by atoms with Gasteiger partial charge in [-0.3, -0.25) is 19.7 Å². The molecule has 0 aliphatic rings. The second kappa shape index (κ2) is 5.27. The molecule has 0 fully saturated rings. The van der Waals surface area contributed by atoms with Crippen molar-refractivity contribution in [2.75, 3.05) is 0 Å². The summed E-state index contributed by atoms with van der Waals surface area (Å²) >= 11 is 0. The van der Waals surface area contributed by atoms with Crippen LogP contribution in [-0.2, 0) is 13.1 Å².